The number of carbonyl (C=O) groups is 2. The summed E-state index contributed by atoms with van der Waals surface area (Å²) in [6, 6.07) is 19.7. The van der Waals surface area contributed by atoms with Gasteiger partial charge < -0.3 is 30.1 Å². The van der Waals surface area contributed by atoms with Crippen LogP contribution in [-0.2, 0) is 22.4 Å². The summed E-state index contributed by atoms with van der Waals surface area (Å²) < 4.78 is 27.3. The number of ether oxygens (including phenoxy) is 2. The summed E-state index contributed by atoms with van der Waals surface area (Å²) in [5.74, 6) is -0.702. The Morgan fingerprint density at radius 1 is 1.15 bits per heavy atom. The van der Waals surface area contributed by atoms with Gasteiger partial charge in [-0.25, -0.2) is 4.39 Å². The zero-order valence-electron chi connectivity index (χ0n) is 26.6. The molecule has 2 saturated heterocycles. The molecule has 2 aliphatic heterocycles. The number of benzene rings is 3. The molecular weight excluding hydrogens is 585 g/mol. The molecule has 3 aromatic carbocycles. The Bertz CT molecular complexity index is 1540. The van der Waals surface area contributed by atoms with Gasteiger partial charge in [0.05, 0.1) is 36.6 Å². The number of halogens is 1. The number of hydrogen-bond acceptors (Lipinski definition) is 6. The molecule has 0 aromatic heterocycles. The van der Waals surface area contributed by atoms with Gasteiger partial charge in [-0.3, -0.25) is 9.59 Å². The smallest absolute Gasteiger partial charge is 0.254 e. The maximum Gasteiger partial charge on any atom is 0.254 e. The second-order valence-electron chi connectivity index (χ2n) is 13.6. The van der Waals surface area contributed by atoms with Crippen LogP contribution in [0.25, 0.3) is 0 Å². The molecule has 46 heavy (non-hydrogen) atoms. The molecular formula is C37H44FN3O5. The number of aliphatic hydroxyl groups excluding tert-OH is 1. The number of amides is 2. The molecule has 4 atom stereocenters. The van der Waals surface area contributed by atoms with E-state index in [2.05, 4.69) is 36.6 Å². The van der Waals surface area contributed by atoms with Crippen molar-refractivity contribution in [2.45, 2.75) is 76.7 Å². The second kappa shape index (κ2) is 13.9. The normalized spacial score (nSPS) is 21.9. The number of anilines is 1. The lowest BCUT2D eigenvalue weighted by atomic mass is 9.72. The monoisotopic (exact) mass is 629 g/mol. The lowest BCUT2D eigenvalue weighted by molar-refractivity contribution is -0.117. The van der Waals surface area contributed by atoms with Crippen LogP contribution < -0.4 is 20.3 Å². The molecule has 3 aliphatic rings. The fourth-order valence-electron chi connectivity index (χ4n) is 6.97. The first kappa shape index (κ1) is 32.2. The maximum atomic E-state index is 15.6. The standard InChI is InChI=1S/C37H44FN3O5/c1-37(2)20-25-13-14-26(46-27-15-17-45-23-27)19-29(25)31(21-37)39-22-33(42)30(18-24-8-4-3-5-9-24)40-36(44)28-10-6-11-32(35(28)38)41-16-7-12-34(41)43/h3-6,8-11,13-14,19,27,30-31,33,39,42H,7,12,15-18,20-23H2,1-2H3,(H,40,44)/t27-,30-,31-,33+/m0/s1. The molecule has 0 unspecified atom stereocenters. The number of nitrogens with one attached hydrogen (secondary N) is 2. The fourth-order valence-corrected chi connectivity index (χ4v) is 6.97. The summed E-state index contributed by atoms with van der Waals surface area (Å²) in [6.07, 6.45) is 3.13. The minimum absolute atomic E-state index is 0.0306. The molecule has 3 aromatic rings. The van der Waals surface area contributed by atoms with Gasteiger partial charge in [-0.05, 0) is 72.1 Å². The molecule has 0 spiro atoms. The fraction of sp³-hybridized carbons (Fsp3) is 0.459. The molecule has 2 amide bonds. The highest BCUT2D eigenvalue weighted by atomic mass is 19.1. The molecule has 2 heterocycles. The number of aliphatic hydroxyl groups is 1. The van der Waals surface area contributed by atoms with Crippen LogP contribution in [-0.4, -0.2) is 61.5 Å². The number of hydrogen-bond donors (Lipinski definition) is 3. The van der Waals surface area contributed by atoms with Crippen molar-refractivity contribution in [1.29, 1.82) is 0 Å². The molecule has 6 rings (SSSR count). The van der Waals surface area contributed by atoms with E-state index in [0.717, 1.165) is 36.1 Å². The number of carbonyl (C=O) groups excluding carboxylic acids is 2. The Morgan fingerprint density at radius 3 is 2.72 bits per heavy atom. The van der Waals surface area contributed by atoms with Gasteiger partial charge in [-0.15, -0.1) is 0 Å². The first-order valence-corrected chi connectivity index (χ1v) is 16.4. The summed E-state index contributed by atoms with van der Waals surface area (Å²) in [7, 11) is 0. The highest BCUT2D eigenvalue weighted by molar-refractivity contribution is 5.99. The van der Waals surface area contributed by atoms with Crippen LogP contribution in [0.1, 0.15) is 72.6 Å². The van der Waals surface area contributed by atoms with E-state index >= 15 is 4.39 Å². The third-order valence-electron chi connectivity index (χ3n) is 9.35. The van der Waals surface area contributed by atoms with Gasteiger partial charge in [0, 0.05) is 32.0 Å². The Morgan fingerprint density at radius 2 is 1.98 bits per heavy atom. The number of nitrogens with zero attached hydrogens (tertiary/aromatic N) is 1. The largest absolute Gasteiger partial charge is 0.488 e. The van der Waals surface area contributed by atoms with Crippen molar-refractivity contribution in [3.8, 4) is 5.75 Å². The highest BCUT2D eigenvalue weighted by Gasteiger charge is 2.34. The molecule has 0 bridgehead atoms. The van der Waals surface area contributed by atoms with Crippen molar-refractivity contribution in [2.75, 3.05) is 31.2 Å². The average Bonchev–Trinajstić information content (AvgIpc) is 3.71. The van der Waals surface area contributed by atoms with Crippen molar-refractivity contribution in [2.24, 2.45) is 5.41 Å². The van der Waals surface area contributed by atoms with E-state index in [1.54, 1.807) is 6.07 Å². The van der Waals surface area contributed by atoms with E-state index < -0.39 is 23.9 Å². The third-order valence-corrected chi connectivity index (χ3v) is 9.35. The second-order valence-corrected chi connectivity index (χ2v) is 13.6. The van der Waals surface area contributed by atoms with Crippen molar-refractivity contribution in [1.82, 2.24) is 10.6 Å². The predicted molar refractivity (Wildman–Crippen MR) is 175 cm³/mol. The predicted octanol–water partition coefficient (Wildman–Crippen LogP) is 5.13. The molecule has 244 valence electrons. The van der Waals surface area contributed by atoms with Gasteiger partial charge in [0.15, 0.2) is 5.82 Å². The topological polar surface area (TPSA) is 100 Å². The molecule has 0 radical (unpaired) electrons. The van der Waals surface area contributed by atoms with Gasteiger partial charge in [0.1, 0.15) is 11.9 Å². The van der Waals surface area contributed by atoms with Crippen LogP contribution in [0.3, 0.4) is 0 Å². The van der Waals surface area contributed by atoms with E-state index in [4.69, 9.17) is 9.47 Å². The lowest BCUT2D eigenvalue weighted by Crippen LogP contribution is -2.49. The van der Waals surface area contributed by atoms with Crippen LogP contribution in [0.5, 0.6) is 5.75 Å². The molecule has 2 fully saturated rings. The number of fused-ring (bicyclic) bond motifs is 1. The maximum absolute atomic E-state index is 15.6. The minimum atomic E-state index is -0.973. The minimum Gasteiger partial charge on any atom is -0.488 e. The van der Waals surface area contributed by atoms with Crippen LogP contribution >= 0.6 is 0 Å². The Balaban J connectivity index is 1.19. The Kier molecular flexibility index (Phi) is 9.73. The zero-order valence-corrected chi connectivity index (χ0v) is 26.6. The average molecular weight is 630 g/mol. The highest BCUT2D eigenvalue weighted by Crippen LogP contribution is 2.42. The van der Waals surface area contributed by atoms with Crippen LogP contribution in [0, 0.1) is 11.2 Å². The molecule has 0 saturated carbocycles. The summed E-state index contributed by atoms with van der Waals surface area (Å²) in [5, 5.41) is 18.1. The quantitative estimate of drug-likeness (QED) is 0.272. The third kappa shape index (κ3) is 7.43. The molecule has 9 heteroatoms. The Hall–Kier alpha value is -3.79. The van der Waals surface area contributed by atoms with E-state index in [1.165, 1.54) is 22.6 Å². The summed E-state index contributed by atoms with van der Waals surface area (Å²) in [6.45, 7) is 6.44. The number of rotatable bonds is 11. The van der Waals surface area contributed by atoms with Gasteiger partial charge >= 0.3 is 0 Å². The van der Waals surface area contributed by atoms with E-state index in [9.17, 15) is 14.7 Å². The summed E-state index contributed by atoms with van der Waals surface area (Å²) in [5.41, 5.74) is 3.35. The van der Waals surface area contributed by atoms with Crippen LogP contribution in [0.15, 0.2) is 66.7 Å². The van der Waals surface area contributed by atoms with Gasteiger partial charge in [0.2, 0.25) is 5.91 Å². The van der Waals surface area contributed by atoms with Crippen molar-refractivity contribution < 1.29 is 28.6 Å². The van der Waals surface area contributed by atoms with E-state index in [0.29, 0.717) is 39.0 Å². The zero-order chi connectivity index (χ0) is 32.3. The van der Waals surface area contributed by atoms with Crippen LogP contribution in [0.2, 0.25) is 0 Å². The van der Waals surface area contributed by atoms with Crippen molar-refractivity contribution >= 4 is 17.5 Å². The first-order valence-electron chi connectivity index (χ1n) is 16.4. The summed E-state index contributed by atoms with van der Waals surface area (Å²) in [4.78, 5) is 27.2. The van der Waals surface area contributed by atoms with Gasteiger partial charge in [-0.2, -0.15) is 0 Å². The van der Waals surface area contributed by atoms with Gasteiger partial charge in [0.25, 0.3) is 5.91 Å². The summed E-state index contributed by atoms with van der Waals surface area (Å²) >= 11 is 0. The molecule has 8 nitrogen and oxygen atoms in total. The van der Waals surface area contributed by atoms with Crippen LogP contribution in [0.4, 0.5) is 10.1 Å². The van der Waals surface area contributed by atoms with Crippen molar-refractivity contribution in [3.05, 3.63) is 94.8 Å². The first-order chi connectivity index (χ1) is 22.2. The van der Waals surface area contributed by atoms with Crippen molar-refractivity contribution in [3.63, 3.8) is 0 Å². The SMILES string of the molecule is CC1(C)Cc2ccc(O[C@H]3CCOC3)cc2[C@@H](NC[C@@H](O)[C@H](Cc2ccccc2)NC(=O)c2cccc(N3CCCC3=O)c2F)C1. The molecule has 1 aliphatic carbocycles. The molecule has 3 N–H and O–H groups in total. The Labute approximate surface area is 270 Å². The van der Waals surface area contributed by atoms with E-state index in [-0.39, 0.29) is 41.3 Å². The van der Waals surface area contributed by atoms with Gasteiger partial charge in [-0.1, -0.05) is 56.3 Å². The lowest BCUT2D eigenvalue weighted by Gasteiger charge is -2.38. The van der Waals surface area contributed by atoms with E-state index in [1.807, 2.05) is 36.4 Å².